The molecule has 0 amide bonds. The Kier molecular flexibility index (Phi) is 4.54. The number of fused-ring (bicyclic) bond motifs is 1. The lowest BCUT2D eigenvalue weighted by molar-refractivity contribution is -0.137. The Morgan fingerprint density at radius 1 is 1.27 bits per heavy atom. The Bertz CT molecular complexity index is 635. The van der Waals surface area contributed by atoms with E-state index in [-0.39, 0.29) is 0 Å². The summed E-state index contributed by atoms with van der Waals surface area (Å²) in [6, 6.07) is 3.67. The van der Waals surface area contributed by atoms with Gasteiger partial charge in [-0.3, -0.25) is 0 Å². The van der Waals surface area contributed by atoms with Crippen molar-refractivity contribution in [1.29, 1.82) is 0 Å². The molecule has 0 atom stereocenters. The molecule has 0 radical (unpaired) electrons. The second kappa shape index (κ2) is 6.42. The fourth-order valence-corrected chi connectivity index (χ4v) is 3.53. The standard InChI is InChI=1S/C15H17F3N2OS/c16-15(17,18)11-1-2-12-13(9-11)22-14(20-12)19-6-3-10-4-7-21-8-5-10/h1-2,9-10H,3-8H2,(H,19,20). The number of alkyl halides is 3. The SMILES string of the molecule is FC(F)(F)c1ccc2nc(NCCC3CCOCC3)sc2c1. The Balaban J connectivity index is 1.62. The average molecular weight is 330 g/mol. The highest BCUT2D eigenvalue weighted by Gasteiger charge is 2.30. The Morgan fingerprint density at radius 2 is 2.05 bits per heavy atom. The van der Waals surface area contributed by atoms with Crippen molar-refractivity contribution in [2.24, 2.45) is 5.92 Å². The highest BCUT2D eigenvalue weighted by atomic mass is 32.1. The number of aromatic nitrogens is 1. The molecule has 1 aromatic heterocycles. The Morgan fingerprint density at radius 3 is 2.77 bits per heavy atom. The first-order chi connectivity index (χ1) is 10.5. The van der Waals surface area contributed by atoms with Gasteiger partial charge in [-0.05, 0) is 43.4 Å². The average Bonchev–Trinajstić information content (AvgIpc) is 2.89. The van der Waals surface area contributed by atoms with Gasteiger partial charge in [0.15, 0.2) is 5.13 Å². The number of nitrogens with one attached hydrogen (secondary N) is 1. The van der Waals surface area contributed by atoms with Crippen LogP contribution in [0, 0.1) is 5.92 Å². The van der Waals surface area contributed by atoms with E-state index in [1.807, 2.05) is 0 Å². The van der Waals surface area contributed by atoms with E-state index in [0.29, 0.717) is 21.3 Å². The van der Waals surface area contributed by atoms with Gasteiger partial charge in [-0.1, -0.05) is 11.3 Å². The van der Waals surface area contributed by atoms with Crippen LogP contribution in [0.4, 0.5) is 18.3 Å². The number of benzene rings is 1. The maximum atomic E-state index is 12.7. The third kappa shape index (κ3) is 3.70. The van der Waals surface area contributed by atoms with Crippen molar-refractivity contribution < 1.29 is 17.9 Å². The van der Waals surface area contributed by atoms with Gasteiger partial charge >= 0.3 is 6.18 Å². The van der Waals surface area contributed by atoms with Crippen molar-refractivity contribution in [2.75, 3.05) is 25.1 Å². The monoisotopic (exact) mass is 330 g/mol. The van der Waals surface area contributed by atoms with Crippen molar-refractivity contribution in [3.8, 4) is 0 Å². The lowest BCUT2D eigenvalue weighted by atomic mass is 9.97. The van der Waals surface area contributed by atoms with E-state index in [0.717, 1.165) is 51.2 Å². The summed E-state index contributed by atoms with van der Waals surface area (Å²) in [4.78, 5) is 4.33. The number of anilines is 1. The number of hydrogen-bond donors (Lipinski definition) is 1. The first kappa shape index (κ1) is 15.6. The van der Waals surface area contributed by atoms with Crippen LogP contribution >= 0.6 is 11.3 Å². The van der Waals surface area contributed by atoms with Gasteiger partial charge in [0.05, 0.1) is 15.8 Å². The quantitative estimate of drug-likeness (QED) is 0.893. The van der Waals surface area contributed by atoms with E-state index in [1.54, 1.807) is 0 Å². The number of halogens is 3. The van der Waals surface area contributed by atoms with Gasteiger partial charge < -0.3 is 10.1 Å². The maximum absolute atomic E-state index is 12.7. The molecule has 3 rings (SSSR count). The first-order valence-corrected chi connectivity index (χ1v) is 8.13. The molecule has 120 valence electrons. The molecule has 2 heterocycles. The summed E-state index contributed by atoms with van der Waals surface area (Å²) in [5.41, 5.74) is -0.0241. The third-order valence-corrected chi connectivity index (χ3v) is 4.86. The van der Waals surface area contributed by atoms with E-state index in [2.05, 4.69) is 10.3 Å². The summed E-state index contributed by atoms with van der Waals surface area (Å²) in [5, 5.41) is 3.91. The summed E-state index contributed by atoms with van der Waals surface area (Å²) in [5.74, 6) is 0.660. The Labute approximate surface area is 130 Å². The number of ether oxygens (including phenoxy) is 1. The fourth-order valence-electron chi connectivity index (χ4n) is 2.59. The normalized spacial score (nSPS) is 17.0. The molecule has 0 aliphatic carbocycles. The predicted octanol–water partition coefficient (Wildman–Crippen LogP) is 4.54. The van der Waals surface area contributed by atoms with Gasteiger partial charge in [-0.2, -0.15) is 13.2 Å². The van der Waals surface area contributed by atoms with Gasteiger partial charge in [-0.15, -0.1) is 0 Å². The summed E-state index contributed by atoms with van der Waals surface area (Å²) >= 11 is 1.27. The van der Waals surface area contributed by atoms with Crippen LogP contribution in [-0.2, 0) is 10.9 Å². The van der Waals surface area contributed by atoms with E-state index in [4.69, 9.17) is 4.74 Å². The number of hydrogen-bond acceptors (Lipinski definition) is 4. The zero-order valence-corrected chi connectivity index (χ0v) is 12.8. The molecule has 7 heteroatoms. The predicted molar refractivity (Wildman–Crippen MR) is 81.3 cm³/mol. The van der Waals surface area contributed by atoms with Crippen LogP contribution in [0.25, 0.3) is 10.2 Å². The van der Waals surface area contributed by atoms with E-state index in [1.165, 1.54) is 17.4 Å². The van der Waals surface area contributed by atoms with Crippen LogP contribution < -0.4 is 5.32 Å². The van der Waals surface area contributed by atoms with Gasteiger partial charge in [0, 0.05) is 19.8 Å². The van der Waals surface area contributed by atoms with Crippen LogP contribution in [0.2, 0.25) is 0 Å². The van der Waals surface area contributed by atoms with Crippen molar-refractivity contribution in [3.63, 3.8) is 0 Å². The second-order valence-corrected chi connectivity index (χ2v) is 6.50. The van der Waals surface area contributed by atoms with Crippen LogP contribution in [-0.4, -0.2) is 24.7 Å². The molecule has 1 aromatic carbocycles. The molecule has 0 spiro atoms. The molecule has 0 bridgehead atoms. The van der Waals surface area contributed by atoms with Gasteiger partial charge in [0.1, 0.15) is 0 Å². The lowest BCUT2D eigenvalue weighted by Gasteiger charge is -2.21. The highest BCUT2D eigenvalue weighted by molar-refractivity contribution is 7.22. The molecule has 3 nitrogen and oxygen atoms in total. The minimum atomic E-state index is -4.31. The molecule has 1 aliphatic heterocycles. The van der Waals surface area contributed by atoms with Crippen molar-refractivity contribution in [1.82, 2.24) is 4.98 Å². The highest BCUT2D eigenvalue weighted by Crippen LogP contribution is 2.34. The van der Waals surface area contributed by atoms with E-state index < -0.39 is 11.7 Å². The van der Waals surface area contributed by atoms with Crippen molar-refractivity contribution in [2.45, 2.75) is 25.4 Å². The zero-order valence-electron chi connectivity index (χ0n) is 11.9. The van der Waals surface area contributed by atoms with E-state index >= 15 is 0 Å². The fraction of sp³-hybridized carbons (Fsp3) is 0.533. The molecular weight excluding hydrogens is 313 g/mol. The topological polar surface area (TPSA) is 34.2 Å². The number of thiazole rings is 1. The van der Waals surface area contributed by atoms with Gasteiger partial charge in [0.25, 0.3) is 0 Å². The molecule has 1 fully saturated rings. The van der Waals surface area contributed by atoms with Crippen molar-refractivity contribution >= 4 is 26.7 Å². The summed E-state index contributed by atoms with van der Waals surface area (Å²) in [7, 11) is 0. The number of rotatable bonds is 4. The summed E-state index contributed by atoms with van der Waals surface area (Å²) in [6.07, 6.45) is -1.12. The Hall–Kier alpha value is -1.34. The van der Waals surface area contributed by atoms with Crippen LogP contribution in [0.1, 0.15) is 24.8 Å². The molecule has 0 unspecified atom stereocenters. The summed E-state index contributed by atoms with van der Waals surface area (Å²) in [6.45, 7) is 2.44. The van der Waals surface area contributed by atoms with Crippen LogP contribution in [0.5, 0.6) is 0 Å². The molecule has 1 aliphatic rings. The molecule has 1 N–H and O–H groups in total. The number of nitrogens with zero attached hydrogens (tertiary/aromatic N) is 1. The van der Waals surface area contributed by atoms with E-state index in [9.17, 15) is 13.2 Å². The second-order valence-electron chi connectivity index (χ2n) is 5.47. The van der Waals surface area contributed by atoms with Crippen molar-refractivity contribution in [3.05, 3.63) is 23.8 Å². The molecular formula is C15H17F3N2OS. The third-order valence-electron chi connectivity index (χ3n) is 3.89. The van der Waals surface area contributed by atoms with Gasteiger partial charge in [0.2, 0.25) is 0 Å². The van der Waals surface area contributed by atoms with Gasteiger partial charge in [-0.25, -0.2) is 4.98 Å². The molecule has 0 saturated carbocycles. The molecule has 2 aromatic rings. The molecule has 22 heavy (non-hydrogen) atoms. The minimum absolute atomic E-state index is 0.559. The first-order valence-electron chi connectivity index (χ1n) is 7.32. The zero-order chi connectivity index (χ0) is 15.6. The lowest BCUT2D eigenvalue weighted by Crippen LogP contribution is -2.18. The molecule has 1 saturated heterocycles. The summed E-state index contributed by atoms with van der Waals surface area (Å²) < 4.78 is 43.9. The van der Waals surface area contributed by atoms with Crippen LogP contribution in [0.3, 0.4) is 0 Å². The smallest absolute Gasteiger partial charge is 0.381 e. The largest absolute Gasteiger partial charge is 0.416 e. The maximum Gasteiger partial charge on any atom is 0.416 e. The van der Waals surface area contributed by atoms with Crippen LogP contribution in [0.15, 0.2) is 18.2 Å². The minimum Gasteiger partial charge on any atom is -0.381 e.